The van der Waals surface area contributed by atoms with Gasteiger partial charge in [0.05, 0.1) is 16.3 Å². The number of benzene rings is 1. The smallest absolute Gasteiger partial charge is 0.305 e. The van der Waals surface area contributed by atoms with E-state index in [9.17, 15) is 15.0 Å². The number of nitrogens with one attached hydrogen (secondary N) is 1. The molecule has 92 valence electrons. The Morgan fingerprint density at radius 3 is 2.88 bits per heavy atom. The number of nitrogens with two attached hydrogens (primary N) is 1. The highest BCUT2D eigenvalue weighted by Gasteiger charge is 2.18. The van der Waals surface area contributed by atoms with Crippen LogP contribution in [-0.4, -0.2) is 27.8 Å². The zero-order valence-corrected chi connectivity index (χ0v) is 9.91. The summed E-state index contributed by atoms with van der Waals surface area (Å²) in [6.07, 6.45) is -1.52. The van der Waals surface area contributed by atoms with Gasteiger partial charge in [0.25, 0.3) is 0 Å². The number of H-pyrrole nitrogens is 1. The average molecular weight is 254 g/mol. The third-order valence-electron chi connectivity index (χ3n) is 2.61. The summed E-state index contributed by atoms with van der Waals surface area (Å²) in [5.41, 5.74) is 6.66. The Kier molecular flexibility index (Phi) is 3.58. The van der Waals surface area contributed by atoms with E-state index in [0.29, 0.717) is 18.5 Å². The van der Waals surface area contributed by atoms with Crippen molar-refractivity contribution in [3.05, 3.63) is 33.4 Å². The van der Waals surface area contributed by atoms with Gasteiger partial charge in [0.1, 0.15) is 6.10 Å². The Morgan fingerprint density at radius 2 is 2.18 bits per heavy atom. The Labute approximate surface area is 102 Å². The molecule has 0 spiro atoms. The van der Waals surface area contributed by atoms with Gasteiger partial charge < -0.3 is 20.9 Å². The Bertz CT molecular complexity index is 563. The molecule has 2 atom stereocenters. The summed E-state index contributed by atoms with van der Waals surface area (Å²) in [5, 5.41) is 19.5. The van der Waals surface area contributed by atoms with Crippen molar-refractivity contribution in [1.29, 1.82) is 0 Å². The van der Waals surface area contributed by atoms with Crippen LogP contribution >= 0.6 is 11.3 Å². The number of fused-ring (bicyclic) bond motifs is 1. The predicted octanol–water partition coefficient (Wildman–Crippen LogP) is 0.333. The standard InChI is InChI=1S/C11H14N2O3S/c12-4-3-8(14)10(15)6-1-2-7-9(5-6)17-11(16)13-7/h1-2,5,8,10,14-15H,3-4,12H2,(H,13,16). The van der Waals surface area contributed by atoms with E-state index >= 15 is 0 Å². The fraction of sp³-hybridized carbons (Fsp3) is 0.364. The number of aliphatic hydroxyl groups excluding tert-OH is 2. The number of hydrogen-bond acceptors (Lipinski definition) is 5. The van der Waals surface area contributed by atoms with Gasteiger partial charge >= 0.3 is 4.87 Å². The maximum absolute atomic E-state index is 11.1. The van der Waals surface area contributed by atoms with Gasteiger partial charge in [0.2, 0.25) is 0 Å². The predicted molar refractivity (Wildman–Crippen MR) is 67.1 cm³/mol. The molecule has 0 saturated heterocycles. The highest BCUT2D eigenvalue weighted by Crippen LogP contribution is 2.23. The van der Waals surface area contributed by atoms with E-state index in [-0.39, 0.29) is 4.87 Å². The number of hydrogen-bond donors (Lipinski definition) is 4. The molecule has 1 aromatic heterocycles. The summed E-state index contributed by atoms with van der Waals surface area (Å²) in [4.78, 5) is 13.7. The summed E-state index contributed by atoms with van der Waals surface area (Å²) in [6, 6.07) is 5.12. The zero-order valence-electron chi connectivity index (χ0n) is 9.09. The summed E-state index contributed by atoms with van der Waals surface area (Å²) in [6.45, 7) is 0.317. The van der Waals surface area contributed by atoms with Gasteiger partial charge in [0, 0.05) is 0 Å². The molecule has 5 N–H and O–H groups in total. The molecule has 0 bridgehead atoms. The van der Waals surface area contributed by atoms with Crippen LogP contribution in [0.3, 0.4) is 0 Å². The zero-order chi connectivity index (χ0) is 12.4. The normalized spacial score (nSPS) is 15.0. The fourth-order valence-electron chi connectivity index (χ4n) is 1.70. The van der Waals surface area contributed by atoms with E-state index in [1.807, 2.05) is 0 Å². The molecule has 0 fully saturated rings. The van der Waals surface area contributed by atoms with Crippen molar-refractivity contribution in [2.24, 2.45) is 5.73 Å². The number of aliphatic hydroxyl groups is 2. The van der Waals surface area contributed by atoms with Crippen LogP contribution in [0.2, 0.25) is 0 Å². The van der Waals surface area contributed by atoms with Crippen LogP contribution in [0.5, 0.6) is 0 Å². The second-order valence-electron chi connectivity index (χ2n) is 3.86. The SMILES string of the molecule is NCCC(O)C(O)c1ccc2[nH]c(=O)sc2c1. The minimum absolute atomic E-state index is 0.130. The molecule has 2 rings (SSSR count). The van der Waals surface area contributed by atoms with Crippen LogP contribution in [0.4, 0.5) is 0 Å². The molecule has 2 unspecified atom stereocenters. The molecular formula is C11H14N2O3S. The molecule has 1 heterocycles. The van der Waals surface area contributed by atoms with Crippen molar-refractivity contribution in [2.75, 3.05) is 6.54 Å². The van der Waals surface area contributed by atoms with Crippen molar-refractivity contribution < 1.29 is 10.2 Å². The van der Waals surface area contributed by atoms with Gasteiger partial charge in [-0.1, -0.05) is 17.4 Å². The van der Waals surface area contributed by atoms with Crippen molar-refractivity contribution in [2.45, 2.75) is 18.6 Å². The first kappa shape index (κ1) is 12.3. The van der Waals surface area contributed by atoms with Gasteiger partial charge in [-0.3, -0.25) is 4.79 Å². The molecule has 0 aliphatic rings. The van der Waals surface area contributed by atoms with Crippen LogP contribution in [0.15, 0.2) is 23.0 Å². The third-order valence-corrected chi connectivity index (χ3v) is 3.46. The van der Waals surface area contributed by atoms with E-state index in [4.69, 9.17) is 5.73 Å². The van der Waals surface area contributed by atoms with E-state index in [1.54, 1.807) is 18.2 Å². The molecule has 5 nitrogen and oxygen atoms in total. The van der Waals surface area contributed by atoms with Gasteiger partial charge in [0.15, 0.2) is 0 Å². The number of aromatic nitrogens is 1. The van der Waals surface area contributed by atoms with Crippen molar-refractivity contribution in [1.82, 2.24) is 4.98 Å². The molecule has 0 radical (unpaired) electrons. The maximum Gasteiger partial charge on any atom is 0.305 e. The number of thiazole rings is 1. The third kappa shape index (κ3) is 2.55. The molecule has 0 aliphatic carbocycles. The van der Waals surface area contributed by atoms with Gasteiger partial charge in [-0.25, -0.2) is 0 Å². The number of aromatic amines is 1. The summed E-state index contributed by atoms with van der Waals surface area (Å²) < 4.78 is 0.770. The Morgan fingerprint density at radius 1 is 1.41 bits per heavy atom. The summed E-state index contributed by atoms with van der Waals surface area (Å²) in [5.74, 6) is 0. The highest BCUT2D eigenvalue weighted by molar-refractivity contribution is 7.16. The van der Waals surface area contributed by atoms with Crippen LogP contribution in [0.25, 0.3) is 10.2 Å². The Hall–Kier alpha value is -1.21. The average Bonchev–Trinajstić information content (AvgIpc) is 2.67. The van der Waals surface area contributed by atoms with Crippen molar-refractivity contribution in [3.8, 4) is 0 Å². The van der Waals surface area contributed by atoms with Gasteiger partial charge in [-0.2, -0.15) is 0 Å². The largest absolute Gasteiger partial charge is 0.390 e. The lowest BCUT2D eigenvalue weighted by Gasteiger charge is -2.17. The van der Waals surface area contributed by atoms with Gasteiger partial charge in [-0.05, 0) is 30.7 Å². The lowest BCUT2D eigenvalue weighted by Crippen LogP contribution is -2.21. The molecule has 6 heteroatoms. The summed E-state index contributed by atoms with van der Waals surface area (Å²) >= 11 is 1.08. The second-order valence-corrected chi connectivity index (χ2v) is 4.87. The second kappa shape index (κ2) is 4.97. The summed E-state index contributed by atoms with van der Waals surface area (Å²) in [7, 11) is 0. The molecule has 0 aliphatic heterocycles. The van der Waals surface area contributed by atoms with Crippen LogP contribution < -0.4 is 10.6 Å². The first-order chi connectivity index (χ1) is 8.11. The Balaban J connectivity index is 2.32. The topological polar surface area (TPSA) is 99.3 Å². The lowest BCUT2D eigenvalue weighted by atomic mass is 10.0. The van der Waals surface area contributed by atoms with E-state index in [0.717, 1.165) is 21.6 Å². The fourth-order valence-corrected chi connectivity index (χ4v) is 2.48. The maximum atomic E-state index is 11.1. The first-order valence-corrected chi connectivity index (χ1v) is 6.12. The molecule has 2 aromatic rings. The number of rotatable bonds is 4. The van der Waals surface area contributed by atoms with E-state index in [2.05, 4.69) is 4.98 Å². The monoisotopic (exact) mass is 254 g/mol. The van der Waals surface area contributed by atoms with Crippen molar-refractivity contribution >= 4 is 21.6 Å². The molecular weight excluding hydrogens is 240 g/mol. The van der Waals surface area contributed by atoms with Crippen LogP contribution in [0, 0.1) is 0 Å². The van der Waals surface area contributed by atoms with E-state index in [1.165, 1.54) is 0 Å². The molecule has 0 amide bonds. The van der Waals surface area contributed by atoms with Crippen molar-refractivity contribution in [3.63, 3.8) is 0 Å². The minimum Gasteiger partial charge on any atom is -0.390 e. The molecule has 0 saturated carbocycles. The minimum atomic E-state index is -0.972. The van der Waals surface area contributed by atoms with E-state index < -0.39 is 12.2 Å². The van der Waals surface area contributed by atoms with Crippen LogP contribution in [-0.2, 0) is 0 Å². The van der Waals surface area contributed by atoms with Gasteiger partial charge in [-0.15, -0.1) is 0 Å². The first-order valence-electron chi connectivity index (χ1n) is 5.31. The molecule has 1 aromatic carbocycles. The van der Waals surface area contributed by atoms with Crippen LogP contribution in [0.1, 0.15) is 18.1 Å². The highest BCUT2D eigenvalue weighted by atomic mass is 32.1. The lowest BCUT2D eigenvalue weighted by molar-refractivity contribution is 0.0151. The quantitative estimate of drug-likeness (QED) is 0.632. The molecule has 17 heavy (non-hydrogen) atoms.